The Balaban J connectivity index is 1.75. The van der Waals surface area contributed by atoms with Gasteiger partial charge >= 0.3 is 0 Å². The monoisotopic (exact) mass is 314 g/mol. The number of carbonyl (C=O) groups excluding carboxylic acids is 2. The molecule has 0 aromatic heterocycles. The van der Waals surface area contributed by atoms with Crippen LogP contribution >= 0.6 is 11.6 Å². The predicted octanol–water partition coefficient (Wildman–Crippen LogP) is 3.33. The van der Waals surface area contributed by atoms with Crippen molar-refractivity contribution >= 4 is 29.1 Å². The number of halogens is 1. The first-order valence-electron chi connectivity index (χ1n) is 7.02. The van der Waals surface area contributed by atoms with E-state index in [0.29, 0.717) is 17.0 Å². The van der Waals surface area contributed by atoms with Crippen LogP contribution in [0.2, 0.25) is 5.02 Å². The fourth-order valence-electron chi connectivity index (χ4n) is 2.51. The minimum Gasteiger partial charge on any atom is -0.346 e. The van der Waals surface area contributed by atoms with Gasteiger partial charge in [0.2, 0.25) is 5.91 Å². The summed E-state index contributed by atoms with van der Waals surface area (Å²) < 4.78 is 0. The highest BCUT2D eigenvalue weighted by Crippen LogP contribution is 2.24. The van der Waals surface area contributed by atoms with Gasteiger partial charge in [0, 0.05) is 16.3 Å². The Kier molecular flexibility index (Phi) is 3.86. The Morgan fingerprint density at radius 3 is 2.86 bits per heavy atom. The quantitative estimate of drug-likeness (QED) is 0.913. The van der Waals surface area contributed by atoms with Crippen molar-refractivity contribution in [3.05, 3.63) is 64.2 Å². The topological polar surface area (TPSA) is 58.2 Å². The van der Waals surface area contributed by atoms with Crippen molar-refractivity contribution in [1.82, 2.24) is 5.32 Å². The summed E-state index contributed by atoms with van der Waals surface area (Å²) in [6, 6.07) is 12.5. The molecule has 0 radical (unpaired) electrons. The predicted molar refractivity (Wildman–Crippen MR) is 86.1 cm³/mol. The molecule has 0 bridgehead atoms. The first kappa shape index (κ1) is 14.6. The number of fused-ring (bicyclic) bond motifs is 1. The maximum atomic E-state index is 12.3. The molecule has 0 spiro atoms. The molecule has 0 aliphatic carbocycles. The standard InChI is InChI=1S/C17H15ClN2O2/c1-10(11-3-2-4-14(18)8-11)19-17(22)12-5-6-15-13(7-12)9-16(21)20-15/h2-8,10H,9H2,1H3,(H,19,22)(H,20,21). The highest BCUT2D eigenvalue weighted by molar-refractivity contribution is 6.30. The van der Waals surface area contributed by atoms with Crippen LogP contribution < -0.4 is 10.6 Å². The lowest BCUT2D eigenvalue weighted by Crippen LogP contribution is -2.26. The van der Waals surface area contributed by atoms with Gasteiger partial charge < -0.3 is 10.6 Å². The van der Waals surface area contributed by atoms with Gasteiger partial charge in [-0.1, -0.05) is 23.7 Å². The summed E-state index contributed by atoms with van der Waals surface area (Å²) in [4.78, 5) is 23.7. The Bertz CT molecular complexity index is 758. The molecule has 2 aromatic carbocycles. The largest absolute Gasteiger partial charge is 0.346 e. The summed E-state index contributed by atoms with van der Waals surface area (Å²) >= 11 is 5.97. The Morgan fingerprint density at radius 2 is 2.09 bits per heavy atom. The zero-order chi connectivity index (χ0) is 15.7. The normalized spacial score (nSPS) is 14.2. The van der Waals surface area contributed by atoms with Crippen LogP contribution in [0.1, 0.15) is 34.5 Å². The van der Waals surface area contributed by atoms with Crippen LogP contribution in [0.3, 0.4) is 0 Å². The van der Waals surface area contributed by atoms with Gasteiger partial charge in [-0.2, -0.15) is 0 Å². The second-order valence-electron chi connectivity index (χ2n) is 5.35. The van der Waals surface area contributed by atoms with Crippen molar-refractivity contribution in [1.29, 1.82) is 0 Å². The third-order valence-corrected chi connectivity index (χ3v) is 3.92. The summed E-state index contributed by atoms with van der Waals surface area (Å²) in [6.07, 6.45) is 0.320. The van der Waals surface area contributed by atoms with E-state index in [1.165, 1.54) is 0 Å². The van der Waals surface area contributed by atoms with E-state index in [0.717, 1.165) is 16.8 Å². The van der Waals surface area contributed by atoms with Crippen molar-refractivity contribution < 1.29 is 9.59 Å². The number of nitrogens with one attached hydrogen (secondary N) is 2. The van der Waals surface area contributed by atoms with Crippen LogP contribution in [0.4, 0.5) is 5.69 Å². The molecule has 1 atom stereocenters. The van der Waals surface area contributed by atoms with Gasteiger partial charge in [-0.3, -0.25) is 9.59 Å². The summed E-state index contributed by atoms with van der Waals surface area (Å²) in [7, 11) is 0. The molecule has 0 saturated heterocycles. The lowest BCUT2D eigenvalue weighted by molar-refractivity contribution is -0.115. The van der Waals surface area contributed by atoms with Crippen LogP contribution in [-0.2, 0) is 11.2 Å². The van der Waals surface area contributed by atoms with E-state index >= 15 is 0 Å². The smallest absolute Gasteiger partial charge is 0.251 e. The maximum absolute atomic E-state index is 12.3. The molecule has 22 heavy (non-hydrogen) atoms. The molecule has 3 rings (SSSR count). The number of hydrogen-bond acceptors (Lipinski definition) is 2. The van der Waals surface area contributed by atoms with Crippen molar-refractivity contribution in [3.8, 4) is 0 Å². The third kappa shape index (κ3) is 2.97. The number of amides is 2. The summed E-state index contributed by atoms with van der Waals surface area (Å²) in [5.41, 5.74) is 3.13. The Hall–Kier alpha value is -2.33. The average Bonchev–Trinajstić information content (AvgIpc) is 2.86. The molecule has 2 aromatic rings. The van der Waals surface area contributed by atoms with Crippen LogP contribution in [-0.4, -0.2) is 11.8 Å². The molecule has 112 valence electrons. The van der Waals surface area contributed by atoms with Crippen molar-refractivity contribution in [2.24, 2.45) is 0 Å². The van der Waals surface area contributed by atoms with Gasteiger partial charge in [0.25, 0.3) is 5.91 Å². The highest BCUT2D eigenvalue weighted by Gasteiger charge is 2.19. The number of anilines is 1. The first-order chi connectivity index (χ1) is 10.5. The van der Waals surface area contributed by atoms with Gasteiger partial charge in [-0.15, -0.1) is 0 Å². The fourth-order valence-corrected chi connectivity index (χ4v) is 2.71. The summed E-state index contributed by atoms with van der Waals surface area (Å²) in [6.45, 7) is 1.90. The number of hydrogen-bond donors (Lipinski definition) is 2. The zero-order valence-electron chi connectivity index (χ0n) is 12.0. The molecule has 1 aliphatic rings. The molecule has 4 nitrogen and oxygen atoms in total. The van der Waals surface area contributed by atoms with E-state index in [1.54, 1.807) is 24.3 Å². The van der Waals surface area contributed by atoms with Crippen LogP contribution in [0.5, 0.6) is 0 Å². The molecule has 0 fully saturated rings. The molecule has 5 heteroatoms. The summed E-state index contributed by atoms with van der Waals surface area (Å²) in [5, 5.41) is 6.33. The molecule has 2 amide bonds. The highest BCUT2D eigenvalue weighted by atomic mass is 35.5. The van der Waals surface area contributed by atoms with Crippen molar-refractivity contribution in [3.63, 3.8) is 0 Å². The van der Waals surface area contributed by atoms with E-state index in [-0.39, 0.29) is 17.9 Å². The van der Waals surface area contributed by atoms with Gasteiger partial charge in [0.15, 0.2) is 0 Å². The third-order valence-electron chi connectivity index (χ3n) is 3.69. The minimum absolute atomic E-state index is 0.0418. The van der Waals surface area contributed by atoms with Gasteiger partial charge in [0.1, 0.15) is 0 Å². The Morgan fingerprint density at radius 1 is 1.27 bits per heavy atom. The van der Waals surface area contributed by atoms with E-state index in [9.17, 15) is 9.59 Å². The molecule has 0 saturated carbocycles. The average molecular weight is 315 g/mol. The molecule has 2 N–H and O–H groups in total. The first-order valence-corrected chi connectivity index (χ1v) is 7.40. The molecule has 1 unspecified atom stereocenters. The van der Waals surface area contributed by atoms with E-state index < -0.39 is 0 Å². The van der Waals surface area contributed by atoms with E-state index in [1.807, 2.05) is 25.1 Å². The second kappa shape index (κ2) is 5.81. The molecule has 1 aliphatic heterocycles. The summed E-state index contributed by atoms with van der Waals surface area (Å²) in [5.74, 6) is -0.213. The lowest BCUT2D eigenvalue weighted by Gasteiger charge is -2.15. The molecular formula is C17H15ClN2O2. The fraction of sp³-hybridized carbons (Fsp3) is 0.176. The van der Waals surface area contributed by atoms with Crippen molar-refractivity contribution in [2.45, 2.75) is 19.4 Å². The Labute approximate surface area is 133 Å². The van der Waals surface area contributed by atoms with Crippen LogP contribution in [0.15, 0.2) is 42.5 Å². The lowest BCUT2D eigenvalue weighted by atomic mass is 10.1. The SMILES string of the molecule is CC(NC(=O)c1ccc2c(c1)CC(=O)N2)c1cccc(Cl)c1. The van der Waals surface area contributed by atoms with Crippen LogP contribution in [0, 0.1) is 0 Å². The van der Waals surface area contributed by atoms with Crippen molar-refractivity contribution in [2.75, 3.05) is 5.32 Å². The van der Waals surface area contributed by atoms with Crippen LogP contribution in [0.25, 0.3) is 0 Å². The van der Waals surface area contributed by atoms with Gasteiger partial charge in [-0.25, -0.2) is 0 Å². The van der Waals surface area contributed by atoms with E-state index in [2.05, 4.69) is 10.6 Å². The number of rotatable bonds is 3. The zero-order valence-corrected chi connectivity index (χ0v) is 12.8. The maximum Gasteiger partial charge on any atom is 0.251 e. The van der Waals surface area contributed by atoms with Gasteiger partial charge in [-0.05, 0) is 48.4 Å². The number of carbonyl (C=O) groups is 2. The van der Waals surface area contributed by atoms with E-state index in [4.69, 9.17) is 11.6 Å². The molecular weight excluding hydrogens is 300 g/mol. The number of benzene rings is 2. The van der Waals surface area contributed by atoms with Gasteiger partial charge in [0.05, 0.1) is 12.5 Å². The molecule has 1 heterocycles. The minimum atomic E-state index is -0.172. The second-order valence-corrected chi connectivity index (χ2v) is 5.78.